The van der Waals surface area contributed by atoms with E-state index in [0.29, 0.717) is 0 Å². The first-order valence-electron chi connectivity index (χ1n) is 9.21. The Hall–Kier alpha value is -1.83. The van der Waals surface area contributed by atoms with Gasteiger partial charge < -0.3 is 5.32 Å². The van der Waals surface area contributed by atoms with Gasteiger partial charge in [0.25, 0.3) is 0 Å². The van der Waals surface area contributed by atoms with Gasteiger partial charge >= 0.3 is 0 Å². The number of rotatable bonds is 4. The smallest absolute Gasteiger partial charge is 0.0490 e. The molecule has 2 aromatic rings. The van der Waals surface area contributed by atoms with E-state index in [-0.39, 0.29) is 0 Å². The summed E-state index contributed by atoms with van der Waals surface area (Å²) in [5.41, 5.74) is 8.87. The molecule has 2 bridgehead atoms. The lowest BCUT2D eigenvalue weighted by molar-refractivity contribution is 0.232. The van der Waals surface area contributed by atoms with E-state index < -0.39 is 0 Å². The van der Waals surface area contributed by atoms with E-state index in [2.05, 4.69) is 35.6 Å². The zero-order chi connectivity index (χ0) is 15.2. The van der Waals surface area contributed by atoms with Gasteiger partial charge in [-0.05, 0) is 67.6 Å². The van der Waals surface area contributed by atoms with Crippen molar-refractivity contribution < 1.29 is 0 Å². The number of hydrogen-bond donors (Lipinski definition) is 1. The number of hydrogen-bond acceptors (Lipinski definition) is 2. The molecule has 2 heteroatoms. The van der Waals surface area contributed by atoms with Crippen LogP contribution in [-0.4, -0.2) is 11.5 Å². The van der Waals surface area contributed by atoms with Crippen molar-refractivity contribution >= 4 is 5.69 Å². The molecule has 1 N–H and O–H groups in total. The molecule has 23 heavy (non-hydrogen) atoms. The van der Waals surface area contributed by atoms with Gasteiger partial charge in [-0.25, -0.2) is 0 Å². The molecule has 4 aliphatic carbocycles. The van der Waals surface area contributed by atoms with Crippen LogP contribution in [0.3, 0.4) is 0 Å². The molecule has 1 saturated carbocycles. The summed E-state index contributed by atoms with van der Waals surface area (Å²) in [5.74, 6) is 1.70. The van der Waals surface area contributed by atoms with Gasteiger partial charge in [0.15, 0.2) is 0 Å². The first-order chi connectivity index (χ1) is 11.4. The van der Waals surface area contributed by atoms with Crippen LogP contribution < -0.4 is 5.32 Å². The highest BCUT2D eigenvalue weighted by Gasteiger charge is 2.40. The van der Waals surface area contributed by atoms with E-state index in [1.807, 2.05) is 0 Å². The molecular weight excluding hydrogens is 280 g/mol. The van der Waals surface area contributed by atoms with Gasteiger partial charge in [-0.2, -0.15) is 0 Å². The lowest BCUT2D eigenvalue weighted by Crippen LogP contribution is -2.33. The SMILES string of the molecule is c1ccc(CCNc2c3c(nc4c2CC2CC4C2)CCC3)cc1. The van der Waals surface area contributed by atoms with E-state index >= 15 is 0 Å². The highest BCUT2D eigenvalue weighted by atomic mass is 14.9. The third-order valence-corrected chi connectivity index (χ3v) is 6.03. The molecule has 1 aromatic heterocycles. The Morgan fingerprint density at radius 3 is 2.78 bits per heavy atom. The molecule has 0 saturated heterocycles. The third kappa shape index (κ3) is 2.27. The first-order valence-corrected chi connectivity index (χ1v) is 9.21. The lowest BCUT2D eigenvalue weighted by Gasteiger charge is -2.43. The maximum Gasteiger partial charge on any atom is 0.0490 e. The van der Waals surface area contributed by atoms with Gasteiger partial charge in [0.1, 0.15) is 0 Å². The number of pyridine rings is 1. The van der Waals surface area contributed by atoms with Crippen LogP contribution in [-0.2, 0) is 25.7 Å². The van der Waals surface area contributed by atoms with Gasteiger partial charge in [0.05, 0.1) is 0 Å². The summed E-state index contributed by atoms with van der Waals surface area (Å²) in [4.78, 5) is 5.10. The van der Waals surface area contributed by atoms with Crippen molar-refractivity contribution in [1.29, 1.82) is 0 Å². The Morgan fingerprint density at radius 2 is 1.91 bits per heavy atom. The Labute approximate surface area is 138 Å². The molecule has 1 aromatic carbocycles. The lowest BCUT2D eigenvalue weighted by atomic mass is 9.64. The molecule has 0 aliphatic heterocycles. The normalized spacial score (nSPS) is 23.8. The molecule has 0 radical (unpaired) electrons. The van der Waals surface area contributed by atoms with Crippen LogP contribution in [0, 0.1) is 5.92 Å². The summed E-state index contributed by atoms with van der Waals surface area (Å²) in [6, 6.07) is 10.8. The van der Waals surface area contributed by atoms with Crippen molar-refractivity contribution in [2.45, 2.75) is 50.9 Å². The van der Waals surface area contributed by atoms with E-state index in [4.69, 9.17) is 4.98 Å². The predicted octanol–water partition coefficient (Wildman–Crippen LogP) is 4.27. The molecule has 0 spiro atoms. The summed E-state index contributed by atoms with van der Waals surface area (Å²) in [7, 11) is 0. The molecular formula is C21H24N2. The number of aromatic nitrogens is 1. The van der Waals surface area contributed by atoms with Crippen LogP contribution >= 0.6 is 0 Å². The minimum absolute atomic E-state index is 0.768. The fourth-order valence-electron chi connectivity index (χ4n) is 4.79. The monoisotopic (exact) mass is 304 g/mol. The maximum atomic E-state index is 5.10. The molecule has 1 fully saturated rings. The molecule has 0 atom stereocenters. The number of benzene rings is 1. The van der Waals surface area contributed by atoms with Gasteiger partial charge in [0.2, 0.25) is 0 Å². The quantitative estimate of drug-likeness (QED) is 0.912. The van der Waals surface area contributed by atoms with Crippen LogP contribution in [0.15, 0.2) is 30.3 Å². The van der Waals surface area contributed by atoms with E-state index in [1.54, 1.807) is 5.56 Å². The van der Waals surface area contributed by atoms with E-state index in [0.717, 1.165) is 24.8 Å². The van der Waals surface area contributed by atoms with Crippen molar-refractivity contribution in [1.82, 2.24) is 4.98 Å². The standard InChI is InChI=1S/C21H24N2/c1-2-5-14(6-3-1)9-10-22-21-17-7-4-8-19(17)23-20-16-11-15(12-16)13-18(20)21/h1-3,5-6,15-16H,4,7-13H2,(H,22,23). The van der Waals surface area contributed by atoms with Crippen LogP contribution in [0.1, 0.15) is 53.3 Å². The van der Waals surface area contributed by atoms with Gasteiger partial charge in [-0.1, -0.05) is 30.3 Å². The van der Waals surface area contributed by atoms with Crippen molar-refractivity contribution in [3.63, 3.8) is 0 Å². The minimum Gasteiger partial charge on any atom is -0.384 e. The van der Waals surface area contributed by atoms with Crippen LogP contribution in [0.5, 0.6) is 0 Å². The largest absolute Gasteiger partial charge is 0.384 e. The molecule has 4 aliphatic rings. The number of anilines is 1. The Kier molecular flexibility index (Phi) is 3.17. The van der Waals surface area contributed by atoms with E-state index in [9.17, 15) is 0 Å². The molecule has 0 unspecified atom stereocenters. The summed E-state index contributed by atoms with van der Waals surface area (Å²) in [5, 5.41) is 3.82. The minimum atomic E-state index is 0.768. The molecule has 2 nitrogen and oxygen atoms in total. The van der Waals surface area contributed by atoms with Gasteiger partial charge in [0, 0.05) is 29.5 Å². The molecule has 0 amide bonds. The van der Waals surface area contributed by atoms with Crippen molar-refractivity contribution in [2.24, 2.45) is 5.92 Å². The zero-order valence-electron chi connectivity index (χ0n) is 13.6. The summed E-state index contributed by atoms with van der Waals surface area (Å²) < 4.78 is 0. The van der Waals surface area contributed by atoms with Crippen LogP contribution in [0.25, 0.3) is 0 Å². The highest BCUT2D eigenvalue weighted by molar-refractivity contribution is 5.64. The Bertz CT molecular complexity index is 729. The topological polar surface area (TPSA) is 24.9 Å². The van der Waals surface area contributed by atoms with Crippen molar-refractivity contribution in [2.75, 3.05) is 11.9 Å². The summed E-state index contributed by atoms with van der Waals surface area (Å²) >= 11 is 0. The second-order valence-electron chi connectivity index (χ2n) is 7.53. The first kappa shape index (κ1) is 13.6. The molecule has 118 valence electrons. The average molecular weight is 304 g/mol. The van der Waals surface area contributed by atoms with Gasteiger partial charge in [-0.15, -0.1) is 0 Å². The zero-order valence-corrected chi connectivity index (χ0v) is 13.6. The number of fused-ring (bicyclic) bond motifs is 1. The van der Waals surface area contributed by atoms with E-state index in [1.165, 1.54) is 66.7 Å². The number of nitrogens with one attached hydrogen (secondary N) is 1. The highest BCUT2D eigenvalue weighted by Crippen LogP contribution is 2.52. The third-order valence-electron chi connectivity index (χ3n) is 6.03. The van der Waals surface area contributed by atoms with Gasteiger partial charge in [-0.3, -0.25) is 4.98 Å². The van der Waals surface area contributed by atoms with Crippen LogP contribution in [0.4, 0.5) is 5.69 Å². The van der Waals surface area contributed by atoms with Crippen molar-refractivity contribution in [3.05, 3.63) is 58.4 Å². The molecule has 6 rings (SSSR count). The van der Waals surface area contributed by atoms with Crippen LogP contribution in [0.2, 0.25) is 0 Å². The number of nitrogens with zero attached hydrogens (tertiary/aromatic N) is 1. The molecule has 1 heterocycles. The number of aryl methyl sites for hydroxylation is 1. The average Bonchev–Trinajstić information content (AvgIpc) is 3.02. The second kappa shape index (κ2) is 5.36. The summed E-state index contributed by atoms with van der Waals surface area (Å²) in [6.07, 6.45) is 8.83. The second-order valence-corrected chi connectivity index (χ2v) is 7.53. The Morgan fingerprint density at radius 1 is 1.04 bits per heavy atom. The Balaban J connectivity index is 1.43. The predicted molar refractivity (Wildman–Crippen MR) is 94.1 cm³/mol. The fourth-order valence-corrected chi connectivity index (χ4v) is 4.79. The van der Waals surface area contributed by atoms with Crippen molar-refractivity contribution in [3.8, 4) is 0 Å². The fraction of sp³-hybridized carbons (Fsp3) is 0.476. The summed E-state index contributed by atoms with van der Waals surface area (Å²) in [6.45, 7) is 1.03. The maximum absolute atomic E-state index is 5.10.